The molecular formula is C7H8FN3OS. The molecule has 6 heteroatoms. The molecule has 1 amide bonds. The zero-order valence-electron chi connectivity index (χ0n) is 7.03. The van der Waals surface area contributed by atoms with Crippen molar-refractivity contribution in [2.24, 2.45) is 0 Å². The number of carbonyl (C=O) groups is 1. The molecule has 1 aliphatic heterocycles. The minimum atomic E-state index is -1.22. The van der Waals surface area contributed by atoms with Crippen LogP contribution in [0.25, 0.3) is 0 Å². The Morgan fingerprint density at radius 2 is 2.46 bits per heavy atom. The fourth-order valence-corrected chi connectivity index (χ4v) is 1.72. The molecule has 0 bridgehead atoms. The molecule has 1 saturated heterocycles. The van der Waals surface area contributed by atoms with Crippen LogP contribution < -0.4 is 0 Å². The Hall–Kier alpha value is -1.04. The SMILES string of the molecule is CC1(F)CN(C(=O)c2cnsn2)C1. The number of likely N-dealkylation sites (tertiary alicyclic amines) is 1. The zero-order valence-corrected chi connectivity index (χ0v) is 7.84. The van der Waals surface area contributed by atoms with E-state index in [-0.39, 0.29) is 19.0 Å². The Bertz CT molecular complexity index is 316. The van der Waals surface area contributed by atoms with Crippen molar-refractivity contribution >= 4 is 17.6 Å². The molecule has 2 heterocycles. The number of hydrogen-bond acceptors (Lipinski definition) is 4. The average Bonchev–Trinajstić information content (AvgIpc) is 2.50. The summed E-state index contributed by atoms with van der Waals surface area (Å²) in [5.74, 6) is -0.233. The summed E-state index contributed by atoms with van der Waals surface area (Å²) in [5, 5.41) is 0. The molecule has 4 nitrogen and oxygen atoms in total. The monoisotopic (exact) mass is 201 g/mol. The van der Waals surface area contributed by atoms with Gasteiger partial charge in [0, 0.05) is 0 Å². The lowest BCUT2D eigenvalue weighted by Crippen LogP contribution is -2.59. The Morgan fingerprint density at radius 3 is 2.92 bits per heavy atom. The summed E-state index contributed by atoms with van der Waals surface area (Å²) in [6.45, 7) is 1.79. The number of aromatic nitrogens is 2. The minimum Gasteiger partial charge on any atom is -0.331 e. The van der Waals surface area contributed by atoms with Crippen molar-refractivity contribution in [2.75, 3.05) is 13.1 Å². The highest BCUT2D eigenvalue weighted by molar-refractivity contribution is 6.99. The summed E-state index contributed by atoms with van der Waals surface area (Å²) in [7, 11) is 0. The van der Waals surface area contributed by atoms with Crippen molar-refractivity contribution in [3.8, 4) is 0 Å². The Labute approximate surface area is 78.7 Å². The third-order valence-corrected chi connectivity index (χ3v) is 2.39. The molecule has 0 saturated carbocycles. The van der Waals surface area contributed by atoms with Gasteiger partial charge in [0.05, 0.1) is 31.0 Å². The second kappa shape index (κ2) is 2.73. The van der Waals surface area contributed by atoms with Gasteiger partial charge in [-0.15, -0.1) is 0 Å². The molecule has 1 aliphatic rings. The van der Waals surface area contributed by atoms with Crippen molar-refractivity contribution < 1.29 is 9.18 Å². The van der Waals surface area contributed by atoms with E-state index in [1.807, 2.05) is 0 Å². The summed E-state index contributed by atoms with van der Waals surface area (Å²) in [6.07, 6.45) is 1.40. The van der Waals surface area contributed by atoms with Crippen molar-refractivity contribution in [3.05, 3.63) is 11.9 Å². The quantitative estimate of drug-likeness (QED) is 0.672. The highest BCUT2D eigenvalue weighted by atomic mass is 32.1. The van der Waals surface area contributed by atoms with Crippen LogP contribution in [0, 0.1) is 0 Å². The van der Waals surface area contributed by atoms with Crippen molar-refractivity contribution in [2.45, 2.75) is 12.6 Å². The second-order valence-electron chi connectivity index (χ2n) is 3.37. The van der Waals surface area contributed by atoms with Gasteiger partial charge in [0.25, 0.3) is 5.91 Å². The lowest BCUT2D eigenvalue weighted by Gasteiger charge is -2.41. The molecule has 0 atom stereocenters. The number of alkyl halides is 1. The molecule has 0 unspecified atom stereocenters. The van der Waals surface area contributed by atoms with Crippen LogP contribution in [0.4, 0.5) is 4.39 Å². The smallest absolute Gasteiger partial charge is 0.275 e. The van der Waals surface area contributed by atoms with E-state index in [1.54, 1.807) is 0 Å². The van der Waals surface area contributed by atoms with Gasteiger partial charge >= 0.3 is 0 Å². The van der Waals surface area contributed by atoms with Crippen LogP contribution in [-0.4, -0.2) is 38.3 Å². The van der Waals surface area contributed by atoms with Gasteiger partial charge < -0.3 is 4.90 Å². The molecule has 1 aromatic rings. The first-order valence-electron chi connectivity index (χ1n) is 3.84. The normalized spacial score (nSPS) is 19.7. The molecule has 0 spiro atoms. The maximum absolute atomic E-state index is 13.0. The van der Waals surface area contributed by atoms with Gasteiger partial charge in [0.1, 0.15) is 5.67 Å². The highest BCUT2D eigenvalue weighted by Crippen LogP contribution is 2.25. The van der Waals surface area contributed by atoms with E-state index < -0.39 is 5.67 Å². The lowest BCUT2D eigenvalue weighted by molar-refractivity contribution is -0.00816. The third kappa shape index (κ3) is 1.53. The molecule has 0 radical (unpaired) electrons. The molecule has 0 aliphatic carbocycles. The first kappa shape index (κ1) is 8.55. The van der Waals surface area contributed by atoms with Gasteiger partial charge in [0.2, 0.25) is 0 Å². The van der Waals surface area contributed by atoms with E-state index >= 15 is 0 Å². The Morgan fingerprint density at radius 1 is 1.77 bits per heavy atom. The van der Waals surface area contributed by atoms with Crippen molar-refractivity contribution in [1.29, 1.82) is 0 Å². The number of nitrogens with zero attached hydrogens (tertiary/aromatic N) is 3. The maximum Gasteiger partial charge on any atom is 0.275 e. The van der Waals surface area contributed by atoms with Crippen LogP contribution in [0.2, 0.25) is 0 Å². The second-order valence-corrected chi connectivity index (χ2v) is 3.92. The summed E-state index contributed by atoms with van der Waals surface area (Å²) in [5.41, 5.74) is -0.917. The van der Waals surface area contributed by atoms with Crippen LogP contribution in [0.1, 0.15) is 17.4 Å². The maximum atomic E-state index is 13.0. The van der Waals surface area contributed by atoms with Crippen LogP contribution in [-0.2, 0) is 0 Å². The van der Waals surface area contributed by atoms with Gasteiger partial charge in [-0.3, -0.25) is 4.79 Å². The number of carbonyl (C=O) groups excluding carboxylic acids is 1. The average molecular weight is 201 g/mol. The molecule has 1 aromatic heterocycles. The predicted molar refractivity (Wildman–Crippen MR) is 45.3 cm³/mol. The standard InChI is InChI=1S/C7H8FN3OS/c1-7(8)3-11(4-7)6(12)5-2-9-13-10-5/h2H,3-4H2,1H3. The first-order chi connectivity index (χ1) is 6.08. The number of halogens is 1. The summed E-state index contributed by atoms with van der Waals surface area (Å²) in [6, 6.07) is 0. The van der Waals surface area contributed by atoms with E-state index in [1.165, 1.54) is 18.0 Å². The van der Waals surface area contributed by atoms with Crippen LogP contribution in [0.15, 0.2) is 6.20 Å². The third-order valence-electron chi connectivity index (χ3n) is 1.91. The molecule has 13 heavy (non-hydrogen) atoms. The van der Waals surface area contributed by atoms with E-state index in [2.05, 4.69) is 8.75 Å². The van der Waals surface area contributed by atoms with E-state index in [0.29, 0.717) is 5.69 Å². The molecule has 2 rings (SSSR count). The number of rotatable bonds is 1. The van der Waals surface area contributed by atoms with Gasteiger partial charge in [0.15, 0.2) is 5.69 Å². The van der Waals surface area contributed by atoms with Crippen molar-refractivity contribution in [3.63, 3.8) is 0 Å². The Kier molecular flexibility index (Phi) is 1.80. The molecule has 1 fully saturated rings. The largest absolute Gasteiger partial charge is 0.331 e. The van der Waals surface area contributed by atoms with Gasteiger partial charge in [-0.1, -0.05) is 0 Å². The minimum absolute atomic E-state index is 0.156. The van der Waals surface area contributed by atoms with E-state index in [4.69, 9.17) is 0 Å². The topological polar surface area (TPSA) is 46.1 Å². The number of amides is 1. The summed E-state index contributed by atoms with van der Waals surface area (Å²) in [4.78, 5) is 12.9. The summed E-state index contributed by atoms with van der Waals surface area (Å²) < 4.78 is 20.5. The van der Waals surface area contributed by atoms with Crippen LogP contribution >= 0.6 is 11.7 Å². The van der Waals surface area contributed by atoms with Crippen LogP contribution in [0.3, 0.4) is 0 Å². The lowest BCUT2D eigenvalue weighted by atomic mass is 9.99. The van der Waals surface area contributed by atoms with Gasteiger partial charge in [-0.25, -0.2) is 4.39 Å². The highest BCUT2D eigenvalue weighted by Gasteiger charge is 2.42. The molecule has 70 valence electrons. The Balaban J connectivity index is 2.02. The fraction of sp³-hybridized carbons (Fsp3) is 0.571. The van der Waals surface area contributed by atoms with E-state index in [0.717, 1.165) is 11.7 Å². The molecule has 0 N–H and O–H groups in total. The van der Waals surface area contributed by atoms with Gasteiger partial charge in [-0.05, 0) is 6.92 Å². The summed E-state index contributed by atoms with van der Waals surface area (Å²) >= 11 is 0.979. The fourth-order valence-electron chi connectivity index (χ4n) is 1.31. The van der Waals surface area contributed by atoms with Crippen LogP contribution in [0.5, 0.6) is 0 Å². The first-order valence-corrected chi connectivity index (χ1v) is 4.57. The molecule has 0 aromatic carbocycles. The number of hydrogen-bond donors (Lipinski definition) is 0. The predicted octanol–water partition coefficient (Wildman–Crippen LogP) is 0.722. The zero-order chi connectivity index (χ0) is 9.47. The van der Waals surface area contributed by atoms with Gasteiger partial charge in [-0.2, -0.15) is 8.75 Å². The van der Waals surface area contributed by atoms with E-state index in [9.17, 15) is 9.18 Å². The molecular weight excluding hydrogens is 193 g/mol. The van der Waals surface area contributed by atoms with Crippen molar-refractivity contribution in [1.82, 2.24) is 13.6 Å².